The number of aliphatic carboxylic acids is 1. The van der Waals surface area contributed by atoms with Crippen molar-refractivity contribution in [1.29, 1.82) is 0 Å². The van der Waals surface area contributed by atoms with Crippen LogP contribution in [-0.2, 0) is 4.79 Å². The number of hydrogen-bond acceptors (Lipinski definition) is 2. The third-order valence-electron chi connectivity index (χ3n) is 3.49. The van der Waals surface area contributed by atoms with E-state index in [-0.39, 0.29) is 5.82 Å². The van der Waals surface area contributed by atoms with E-state index in [4.69, 9.17) is 9.84 Å². The van der Waals surface area contributed by atoms with Crippen LogP contribution in [-0.4, -0.2) is 18.2 Å². The van der Waals surface area contributed by atoms with Crippen molar-refractivity contribution >= 4 is 5.97 Å². The Balaban J connectivity index is 2.39. The molecule has 0 aliphatic carbocycles. The first-order chi connectivity index (χ1) is 10.1. The predicted octanol–water partition coefficient (Wildman–Crippen LogP) is 4.08. The molecule has 0 bridgehead atoms. The molecule has 0 heterocycles. The Morgan fingerprint density at radius 2 is 1.90 bits per heavy atom. The second-order valence-corrected chi connectivity index (χ2v) is 4.77. The molecule has 0 spiro atoms. The van der Waals surface area contributed by atoms with Gasteiger partial charge in [0.1, 0.15) is 11.6 Å². The Morgan fingerprint density at radius 3 is 2.43 bits per heavy atom. The highest BCUT2D eigenvalue weighted by Gasteiger charge is 2.17. The molecular weight excluding hydrogens is 271 g/mol. The van der Waals surface area contributed by atoms with E-state index in [0.717, 1.165) is 11.1 Å². The Bertz CT molecular complexity index is 635. The number of carboxylic acid groups (broad SMARTS) is 1. The summed E-state index contributed by atoms with van der Waals surface area (Å²) in [6, 6.07) is 11.4. The molecule has 0 aromatic heterocycles. The average molecular weight is 288 g/mol. The second-order valence-electron chi connectivity index (χ2n) is 4.77. The molecular formula is C17H17FO3. The zero-order chi connectivity index (χ0) is 15.4. The predicted molar refractivity (Wildman–Crippen MR) is 79.1 cm³/mol. The first-order valence-electron chi connectivity index (χ1n) is 6.73. The van der Waals surface area contributed by atoms with E-state index in [9.17, 15) is 9.18 Å². The number of carboxylic acids is 1. The number of halogens is 1. The van der Waals surface area contributed by atoms with E-state index in [1.807, 2.05) is 6.92 Å². The van der Waals surface area contributed by atoms with Crippen LogP contribution >= 0.6 is 0 Å². The van der Waals surface area contributed by atoms with Gasteiger partial charge in [0.25, 0.3) is 0 Å². The minimum atomic E-state index is -0.839. The third kappa shape index (κ3) is 3.21. The molecule has 2 aromatic carbocycles. The van der Waals surface area contributed by atoms with Crippen molar-refractivity contribution in [2.24, 2.45) is 0 Å². The maximum absolute atomic E-state index is 13.4. The molecule has 0 radical (unpaired) electrons. The van der Waals surface area contributed by atoms with E-state index < -0.39 is 11.9 Å². The molecule has 110 valence electrons. The van der Waals surface area contributed by atoms with Gasteiger partial charge in [-0.15, -0.1) is 0 Å². The van der Waals surface area contributed by atoms with Gasteiger partial charge in [0, 0.05) is 5.56 Å². The first-order valence-corrected chi connectivity index (χ1v) is 6.73. The van der Waals surface area contributed by atoms with Crippen LogP contribution in [0.5, 0.6) is 5.75 Å². The molecule has 2 rings (SSSR count). The Morgan fingerprint density at radius 1 is 1.24 bits per heavy atom. The van der Waals surface area contributed by atoms with Gasteiger partial charge in [-0.1, -0.05) is 31.2 Å². The number of rotatable bonds is 5. The maximum Gasteiger partial charge on any atom is 0.310 e. The normalized spacial score (nSPS) is 12.0. The summed E-state index contributed by atoms with van der Waals surface area (Å²) in [4.78, 5) is 11.2. The van der Waals surface area contributed by atoms with Gasteiger partial charge in [0.15, 0.2) is 0 Å². The van der Waals surface area contributed by atoms with Crippen LogP contribution in [0.3, 0.4) is 0 Å². The van der Waals surface area contributed by atoms with Gasteiger partial charge in [-0.3, -0.25) is 4.79 Å². The van der Waals surface area contributed by atoms with E-state index in [2.05, 4.69) is 0 Å². The average Bonchev–Trinajstić information content (AvgIpc) is 2.48. The fourth-order valence-electron chi connectivity index (χ4n) is 2.35. The van der Waals surface area contributed by atoms with Crippen LogP contribution in [0.4, 0.5) is 4.39 Å². The zero-order valence-corrected chi connectivity index (χ0v) is 12.0. The van der Waals surface area contributed by atoms with Gasteiger partial charge >= 0.3 is 5.97 Å². The van der Waals surface area contributed by atoms with E-state index >= 15 is 0 Å². The van der Waals surface area contributed by atoms with Crippen molar-refractivity contribution in [3.8, 4) is 16.9 Å². The fraction of sp³-hybridized carbons (Fsp3) is 0.235. The topological polar surface area (TPSA) is 46.5 Å². The van der Waals surface area contributed by atoms with Crippen molar-refractivity contribution in [2.75, 3.05) is 7.11 Å². The summed E-state index contributed by atoms with van der Waals surface area (Å²) in [5.41, 5.74) is 2.17. The van der Waals surface area contributed by atoms with Crippen molar-refractivity contribution in [1.82, 2.24) is 0 Å². The monoisotopic (exact) mass is 288 g/mol. The highest BCUT2D eigenvalue weighted by molar-refractivity contribution is 5.77. The van der Waals surface area contributed by atoms with Gasteiger partial charge in [-0.05, 0) is 35.7 Å². The second kappa shape index (κ2) is 6.39. The lowest BCUT2D eigenvalue weighted by atomic mass is 9.94. The summed E-state index contributed by atoms with van der Waals surface area (Å²) in [6.07, 6.45) is 0.526. The molecule has 3 nitrogen and oxygen atoms in total. The molecule has 0 aliphatic rings. The van der Waals surface area contributed by atoms with Crippen molar-refractivity contribution in [3.63, 3.8) is 0 Å². The summed E-state index contributed by atoms with van der Waals surface area (Å²) in [7, 11) is 1.53. The SMILES string of the molecule is CCC(C(=O)O)c1ccc(-c2cc(F)ccc2OC)cc1. The summed E-state index contributed by atoms with van der Waals surface area (Å²) in [5, 5.41) is 9.16. The quantitative estimate of drug-likeness (QED) is 0.901. The zero-order valence-electron chi connectivity index (χ0n) is 12.0. The van der Waals surface area contributed by atoms with Crippen molar-refractivity contribution in [2.45, 2.75) is 19.3 Å². The van der Waals surface area contributed by atoms with Crippen LogP contribution in [0.25, 0.3) is 11.1 Å². The van der Waals surface area contributed by atoms with Crippen LogP contribution < -0.4 is 4.74 Å². The van der Waals surface area contributed by atoms with Gasteiger partial charge in [0.2, 0.25) is 0 Å². The van der Waals surface area contributed by atoms with Crippen LogP contribution in [0.1, 0.15) is 24.8 Å². The third-order valence-corrected chi connectivity index (χ3v) is 3.49. The molecule has 0 aliphatic heterocycles. The molecule has 0 saturated heterocycles. The largest absolute Gasteiger partial charge is 0.496 e. The lowest BCUT2D eigenvalue weighted by Gasteiger charge is -2.12. The van der Waals surface area contributed by atoms with Gasteiger partial charge in [-0.25, -0.2) is 4.39 Å². The van der Waals surface area contributed by atoms with Gasteiger partial charge in [-0.2, -0.15) is 0 Å². The molecule has 1 N–H and O–H groups in total. The van der Waals surface area contributed by atoms with Crippen molar-refractivity contribution < 1.29 is 19.0 Å². The molecule has 1 atom stereocenters. The number of carbonyl (C=O) groups is 1. The van der Waals surface area contributed by atoms with Gasteiger partial charge < -0.3 is 9.84 Å². The standard InChI is InChI=1S/C17H17FO3/c1-3-14(17(19)20)11-4-6-12(7-5-11)15-10-13(18)8-9-16(15)21-2/h4-10,14H,3H2,1-2H3,(H,19,20). The molecule has 0 saturated carbocycles. The van der Waals surface area contributed by atoms with Crippen LogP contribution in [0.2, 0.25) is 0 Å². The molecule has 21 heavy (non-hydrogen) atoms. The maximum atomic E-state index is 13.4. The Labute approximate surface area is 123 Å². The Hall–Kier alpha value is -2.36. The molecule has 0 fully saturated rings. The van der Waals surface area contributed by atoms with Gasteiger partial charge in [0.05, 0.1) is 13.0 Å². The highest BCUT2D eigenvalue weighted by Crippen LogP contribution is 2.32. The summed E-state index contributed by atoms with van der Waals surface area (Å²) in [6.45, 7) is 1.84. The Kier molecular flexibility index (Phi) is 4.58. The number of benzene rings is 2. The van der Waals surface area contributed by atoms with E-state index in [0.29, 0.717) is 17.7 Å². The molecule has 4 heteroatoms. The number of methoxy groups -OCH3 is 1. The number of ether oxygens (including phenoxy) is 1. The smallest absolute Gasteiger partial charge is 0.310 e. The summed E-state index contributed by atoms with van der Waals surface area (Å²) < 4.78 is 18.6. The minimum Gasteiger partial charge on any atom is -0.496 e. The van der Waals surface area contributed by atoms with E-state index in [1.54, 1.807) is 30.3 Å². The summed E-state index contributed by atoms with van der Waals surface area (Å²) in [5.74, 6) is -1.12. The fourth-order valence-corrected chi connectivity index (χ4v) is 2.35. The highest BCUT2D eigenvalue weighted by atomic mass is 19.1. The summed E-state index contributed by atoms with van der Waals surface area (Å²) >= 11 is 0. The molecule has 0 amide bonds. The lowest BCUT2D eigenvalue weighted by molar-refractivity contribution is -0.138. The number of hydrogen-bond donors (Lipinski definition) is 1. The first kappa shape index (κ1) is 15.0. The molecule has 1 unspecified atom stereocenters. The lowest BCUT2D eigenvalue weighted by Crippen LogP contribution is -2.10. The van der Waals surface area contributed by atoms with E-state index in [1.165, 1.54) is 19.2 Å². The van der Waals surface area contributed by atoms with Crippen LogP contribution in [0, 0.1) is 5.82 Å². The minimum absolute atomic E-state index is 0.341. The van der Waals surface area contributed by atoms with Crippen LogP contribution in [0.15, 0.2) is 42.5 Å². The van der Waals surface area contributed by atoms with Crippen molar-refractivity contribution in [3.05, 3.63) is 53.8 Å². The molecule has 2 aromatic rings.